The molecule has 1 atom stereocenters. The number of carbonyl (C=O) groups excluding carboxylic acids is 1. The Morgan fingerprint density at radius 3 is 3.15 bits per heavy atom. The van der Waals surface area contributed by atoms with Gasteiger partial charge < -0.3 is 14.8 Å². The molecule has 0 radical (unpaired) electrons. The van der Waals surface area contributed by atoms with Crippen molar-refractivity contribution < 1.29 is 14.3 Å². The highest BCUT2D eigenvalue weighted by atomic mass is 16.7. The van der Waals surface area contributed by atoms with Crippen molar-refractivity contribution in [2.45, 2.75) is 19.6 Å². The van der Waals surface area contributed by atoms with Gasteiger partial charge in [-0.15, -0.1) is 0 Å². The molecule has 0 aromatic carbocycles. The van der Waals surface area contributed by atoms with Crippen molar-refractivity contribution in [1.82, 2.24) is 5.32 Å². The van der Waals surface area contributed by atoms with Crippen LogP contribution in [0.4, 0.5) is 0 Å². The van der Waals surface area contributed by atoms with Gasteiger partial charge in [-0.3, -0.25) is 0 Å². The van der Waals surface area contributed by atoms with E-state index in [1.165, 1.54) is 0 Å². The van der Waals surface area contributed by atoms with E-state index in [-0.39, 0.29) is 0 Å². The minimum atomic E-state index is -0.466. The fourth-order valence-electron chi connectivity index (χ4n) is 0.986. The number of ether oxygens (including phenoxy) is 2. The molecule has 1 saturated heterocycles. The van der Waals surface area contributed by atoms with Gasteiger partial charge in [0.25, 0.3) is 0 Å². The van der Waals surface area contributed by atoms with Crippen LogP contribution >= 0.6 is 0 Å². The minimum absolute atomic E-state index is 0.395. The van der Waals surface area contributed by atoms with Crippen LogP contribution in [0.1, 0.15) is 13.3 Å². The summed E-state index contributed by atoms with van der Waals surface area (Å²) in [6.07, 6.45) is 0.480. The molecule has 1 rings (SSSR count). The third-order valence-electron chi connectivity index (χ3n) is 1.70. The lowest BCUT2D eigenvalue weighted by molar-refractivity contribution is -0.170. The van der Waals surface area contributed by atoms with Crippen LogP contribution in [0.25, 0.3) is 0 Å². The number of nitrogens with one attached hydrogen (secondary N) is 1. The zero-order valence-electron chi connectivity index (χ0n) is 7.84. The number of esters is 1. The minimum Gasteiger partial charge on any atom is -0.431 e. The SMILES string of the molecule is C=C(C)C(=O)OC1CNCCCO1. The molecule has 1 aliphatic rings. The summed E-state index contributed by atoms with van der Waals surface area (Å²) in [6.45, 7) is 7.20. The fourth-order valence-corrected chi connectivity index (χ4v) is 0.986. The molecule has 13 heavy (non-hydrogen) atoms. The van der Waals surface area contributed by atoms with E-state index in [9.17, 15) is 4.79 Å². The zero-order chi connectivity index (χ0) is 9.68. The van der Waals surface area contributed by atoms with Crippen molar-refractivity contribution in [3.63, 3.8) is 0 Å². The van der Waals surface area contributed by atoms with Gasteiger partial charge in [-0.05, 0) is 19.9 Å². The van der Waals surface area contributed by atoms with Gasteiger partial charge in [0.15, 0.2) is 0 Å². The lowest BCUT2D eigenvalue weighted by atomic mass is 10.4. The molecule has 0 aromatic rings. The highest BCUT2D eigenvalue weighted by molar-refractivity contribution is 5.87. The van der Waals surface area contributed by atoms with Crippen LogP contribution in [-0.4, -0.2) is 32.0 Å². The van der Waals surface area contributed by atoms with Gasteiger partial charge in [0.1, 0.15) is 0 Å². The molecule has 4 heteroatoms. The van der Waals surface area contributed by atoms with Crippen LogP contribution in [0.2, 0.25) is 0 Å². The number of rotatable bonds is 2. The summed E-state index contributed by atoms with van der Waals surface area (Å²) in [7, 11) is 0. The molecule has 74 valence electrons. The zero-order valence-corrected chi connectivity index (χ0v) is 7.84. The van der Waals surface area contributed by atoms with Crippen LogP contribution in [0.15, 0.2) is 12.2 Å². The molecular weight excluding hydrogens is 170 g/mol. The van der Waals surface area contributed by atoms with E-state index in [2.05, 4.69) is 11.9 Å². The predicted octanol–water partition coefficient (Wildman–Crippen LogP) is 0.442. The van der Waals surface area contributed by atoms with Gasteiger partial charge in [-0.1, -0.05) is 6.58 Å². The summed E-state index contributed by atoms with van der Waals surface area (Å²) < 4.78 is 10.3. The highest BCUT2D eigenvalue weighted by Gasteiger charge is 2.16. The molecule has 1 unspecified atom stereocenters. The Balaban J connectivity index is 2.33. The Kier molecular flexibility index (Phi) is 3.92. The van der Waals surface area contributed by atoms with E-state index >= 15 is 0 Å². The topological polar surface area (TPSA) is 47.6 Å². The average molecular weight is 185 g/mol. The highest BCUT2D eigenvalue weighted by Crippen LogP contribution is 2.02. The second-order valence-electron chi connectivity index (χ2n) is 3.04. The maximum absolute atomic E-state index is 11.1. The quantitative estimate of drug-likeness (QED) is 0.501. The summed E-state index contributed by atoms with van der Waals surface area (Å²) in [5, 5.41) is 3.11. The lowest BCUT2D eigenvalue weighted by Crippen LogP contribution is -2.30. The van der Waals surface area contributed by atoms with E-state index in [0.29, 0.717) is 18.7 Å². The molecule has 4 nitrogen and oxygen atoms in total. The molecule has 1 heterocycles. The van der Waals surface area contributed by atoms with Gasteiger partial charge in [0.2, 0.25) is 6.29 Å². The molecule has 0 spiro atoms. The summed E-state index contributed by atoms with van der Waals surface area (Å²) in [5.74, 6) is -0.395. The van der Waals surface area contributed by atoms with Gasteiger partial charge >= 0.3 is 5.97 Å². The Morgan fingerprint density at radius 2 is 2.46 bits per heavy atom. The van der Waals surface area contributed by atoms with Crippen LogP contribution < -0.4 is 5.32 Å². The lowest BCUT2D eigenvalue weighted by Gasteiger charge is -2.15. The van der Waals surface area contributed by atoms with Gasteiger partial charge in [-0.2, -0.15) is 0 Å². The Labute approximate surface area is 77.9 Å². The number of carbonyl (C=O) groups is 1. The second-order valence-corrected chi connectivity index (χ2v) is 3.04. The van der Waals surface area contributed by atoms with E-state index < -0.39 is 12.3 Å². The monoisotopic (exact) mass is 185 g/mol. The maximum atomic E-state index is 11.1. The first-order chi connectivity index (χ1) is 6.20. The number of hydrogen-bond donors (Lipinski definition) is 1. The first-order valence-electron chi connectivity index (χ1n) is 4.39. The van der Waals surface area contributed by atoms with Crippen molar-refractivity contribution in [2.75, 3.05) is 19.7 Å². The standard InChI is InChI=1S/C9H15NO3/c1-7(2)9(11)13-8-6-10-4-3-5-12-8/h8,10H,1,3-6H2,2H3. The van der Waals surface area contributed by atoms with E-state index in [4.69, 9.17) is 9.47 Å². The van der Waals surface area contributed by atoms with Crippen LogP contribution in [-0.2, 0) is 14.3 Å². The van der Waals surface area contributed by atoms with Crippen LogP contribution in [0.3, 0.4) is 0 Å². The largest absolute Gasteiger partial charge is 0.431 e. The van der Waals surface area contributed by atoms with Crippen molar-refractivity contribution in [1.29, 1.82) is 0 Å². The van der Waals surface area contributed by atoms with Crippen LogP contribution in [0, 0.1) is 0 Å². The first-order valence-corrected chi connectivity index (χ1v) is 4.39. The van der Waals surface area contributed by atoms with Gasteiger partial charge in [-0.25, -0.2) is 4.79 Å². The van der Waals surface area contributed by atoms with Crippen molar-refractivity contribution in [3.05, 3.63) is 12.2 Å². The third-order valence-corrected chi connectivity index (χ3v) is 1.70. The summed E-state index contributed by atoms with van der Waals surface area (Å²) >= 11 is 0. The van der Waals surface area contributed by atoms with Crippen molar-refractivity contribution >= 4 is 5.97 Å². The van der Waals surface area contributed by atoms with Gasteiger partial charge in [0.05, 0.1) is 13.2 Å². The van der Waals surface area contributed by atoms with E-state index in [1.54, 1.807) is 6.92 Å². The summed E-state index contributed by atoms with van der Waals surface area (Å²) in [4.78, 5) is 11.1. The van der Waals surface area contributed by atoms with Gasteiger partial charge in [0, 0.05) is 5.57 Å². The molecule has 0 saturated carbocycles. The normalized spacial score (nSPS) is 23.3. The molecule has 0 aliphatic carbocycles. The van der Waals surface area contributed by atoms with Crippen LogP contribution in [0.5, 0.6) is 0 Å². The molecular formula is C9H15NO3. The second kappa shape index (κ2) is 4.99. The smallest absolute Gasteiger partial charge is 0.335 e. The average Bonchev–Trinajstić information content (AvgIpc) is 2.32. The Morgan fingerprint density at radius 1 is 1.69 bits per heavy atom. The number of hydrogen-bond acceptors (Lipinski definition) is 4. The third kappa shape index (κ3) is 3.57. The summed E-state index contributed by atoms with van der Waals surface area (Å²) in [6, 6.07) is 0. The van der Waals surface area contributed by atoms with Crippen molar-refractivity contribution in [2.24, 2.45) is 0 Å². The molecule has 1 aliphatic heterocycles. The predicted molar refractivity (Wildman–Crippen MR) is 48.1 cm³/mol. The molecule has 0 bridgehead atoms. The Hall–Kier alpha value is -0.870. The van der Waals surface area contributed by atoms with E-state index in [0.717, 1.165) is 13.0 Å². The molecule has 0 amide bonds. The fraction of sp³-hybridized carbons (Fsp3) is 0.667. The maximum Gasteiger partial charge on any atom is 0.335 e. The van der Waals surface area contributed by atoms with Crippen molar-refractivity contribution in [3.8, 4) is 0 Å². The first kappa shape index (κ1) is 10.2. The molecule has 1 N–H and O–H groups in total. The van der Waals surface area contributed by atoms with E-state index in [1.807, 2.05) is 0 Å². The summed E-state index contributed by atoms with van der Waals surface area (Å²) in [5.41, 5.74) is 0.396. The molecule has 0 aromatic heterocycles. The molecule has 1 fully saturated rings. The Bertz CT molecular complexity index is 195.